The first-order valence-corrected chi connectivity index (χ1v) is 6.57. The van der Waals surface area contributed by atoms with Gasteiger partial charge >= 0.3 is 0 Å². The highest BCUT2D eigenvalue weighted by molar-refractivity contribution is 9.10. The summed E-state index contributed by atoms with van der Waals surface area (Å²) >= 11 is 4.98. The number of carbonyl (C=O) groups excluding carboxylic acids is 1. The van der Waals surface area contributed by atoms with E-state index >= 15 is 0 Å². The maximum atomic E-state index is 11.9. The van der Waals surface area contributed by atoms with E-state index in [0.717, 1.165) is 20.5 Å². The zero-order valence-corrected chi connectivity index (χ0v) is 11.8. The second-order valence-corrected chi connectivity index (χ2v) is 5.86. The van der Waals surface area contributed by atoms with Gasteiger partial charge in [-0.1, -0.05) is 0 Å². The molecule has 0 atom stereocenters. The van der Waals surface area contributed by atoms with Crippen LogP contribution in [-0.2, 0) is 18.4 Å². The topological polar surface area (TPSA) is 42.3 Å². The van der Waals surface area contributed by atoms with Gasteiger partial charge in [-0.15, -0.1) is 11.3 Å². The molecule has 0 aliphatic heterocycles. The van der Waals surface area contributed by atoms with Crippen molar-refractivity contribution < 1.29 is 4.79 Å². The first-order valence-electron chi connectivity index (χ1n) is 4.96. The van der Waals surface area contributed by atoms with Crippen LogP contribution >= 0.6 is 27.3 Å². The molecule has 0 spiro atoms. The number of thiophene rings is 1. The van der Waals surface area contributed by atoms with Crippen LogP contribution in [0.25, 0.3) is 10.1 Å². The van der Waals surface area contributed by atoms with Crippen molar-refractivity contribution in [2.45, 2.75) is 6.54 Å². The Morgan fingerprint density at radius 3 is 2.94 bits per heavy atom. The minimum atomic E-state index is -0.0144. The average molecular weight is 315 g/mol. The molecule has 2 heterocycles. The lowest BCUT2D eigenvalue weighted by Crippen LogP contribution is -2.15. The van der Waals surface area contributed by atoms with Crippen LogP contribution in [0.3, 0.4) is 0 Å². The molecule has 0 bridgehead atoms. The third kappa shape index (κ3) is 2.28. The Morgan fingerprint density at radius 1 is 1.59 bits per heavy atom. The van der Waals surface area contributed by atoms with E-state index in [-0.39, 0.29) is 5.56 Å². The Hall–Kier alpha value is -1.14. The van der Waals surface area contributed by atoms with Gasteiger partial charge in [0.05, 0.1) is 21.1 Å². The molecular formula is C11H11BrN2O2S. The lowest BCUT2D eigenvalue weighted by Gasteiger charge is -2.06. The predicted octanol–water partition coefficient (Wildman–Crippen LogP) is 1.95. The Labute approximate surface area is 111 Å². The van der Waals surface area contributed by atoms with Gasteiger partial charge in [0.2, 0.25) is 6.41 Å². The zero-order valence-electron chi connectivity index (χ0n) is 9.44. The number of rotatable bonds is 3. The van der Waals surface area contributed by atoms with Gasteiger partial charge < -0.3 is 9.47 Å². The molecule has 2 aromatic heterocycles. The summed E-state index contributed by atoms with van der Waals surface area (Å²) in [6, 6.07) is 1.85. The molecular weight excluding hydrogens is 304 g/mol. The van der Waals surface area contributed by atoms with Gasteiger partial charge in [-0.3, -0.25) is 9.59 Å². The second-order valence-electron chi connectivity index (χ2n) is 3.87. The minimum absolute atomic E-state index is 0.0144. The number of carbonyl (C=O) groups is 1. The number of aromatic nitrogens is 1. The number of pyridine rings is 1. The molecule has 6 heteroatoms. The summed E-state index contributed by atoms with van der Waals surface area (Å²) in [5.41, 5.74) is -0.0144. The fraction of sp³-hybridized carbons (Fsp3) is 0.273. The van der Waals surface area contributed by atoms with Gasteiger partial charge in [-0.25, -0.2) is 0 Å². The molecule has 0 saturated heterocycles. The monoisotopic (exact) mass is 314 g/mol. The number of amides is 1. The summed E-state index contributed by atoms with van der Waals surface area (Å²) in [5, 5.41) is 0.696. The molecule has 0 aromatic carbocycles. The van der Waals surface area contributed by atoms with Crippen LogP contribution in [-0.4, -0.2) is 22.9 Å². The molecule has 0 unspecified atom stereocenters. The standard InChI is InChI=1S/C11H11BrN2O2S/c1-13(6-15)4-7-3-8-10(17-7)9(12)5-14(2)11(8)16/h3,5-6H,4H2,1-2H3. The predicted molar refractivity (Wildman–Crippen MR) is 72.3 cm³/mol. The van der Waals surface area contributed by atoms with Crippen molar-refractivity contribution in [1.29, 1.82) is 0 Å². The number of hydrogen-bond acceptors (Lipinski definition) is 3. The molecule has 90 valence electrons. The maximum Gasteiger partial charge on any atom is 0.259 e. The van der Waals surface area contributed by atoms with E-state index in [4.69, 9.17) is 0 Å². The van der Waals surface area contributed by atoms with E-state index in [1.54, 1.807) is 29.8 Å². The first-order chi connectivity index (χ1) is 8.02. The van der Waals surface area contributed by atoms with Gasteiger partial charge in [-0.2, -0.15) is 0 Å². The smallest absolute Gasteiger partial charge is 0.259 e. The Balaban J connectivity index is 2.57. The summed E-state index contributed by atoms with van der Waals surface area (Å²) in [4.78, 5) is 25.0. The van der Waals surface area contributed by atoms with Gasteiger partial charge in [0.15, 0.2) is 0 Å². The maximum absolute atomic E-state index is 11.9. The van der Waals surface area contributed by atoms with Crippen molar-refractivity contribution in [3.05, 3.63) is 32.0 Å². The summed E-state index contributed by atoms with van der Waals surface area (Å²) in [6.45, 7) is 0.526. The molecule has 2 aromatic rings. The SMILES string of the molecule is CN(C=O)Cc1cc2c(=O)n(C)cc(Br)c2s1. The van der Waals surface area contributed by atoms with E-state index in [9.17, 15) is 9.59 Å². The van der Waals surface area contributed by atoms with Crippen LogP contribution in [0, 0.1) is 0 Å². The van der Waals surface area contributed by atoms with Crippen LogP contribution in [0.2, 0.25) is 0 Å². The van der Waals surface area contributed by atoms with Crippen LogP contribution < -0.4 is 5.56 Å². The van der Waals surface area contributed by atoms with Crippen molar-refractivity contribution in [2.75, 3.05) is 7.05 Å². The zero-order chi connectivity index (χ0) is 12.6. The molecule has 0 fully saturated rings. The molecule has 0 saturated carbocycles. The van der Waals surface area contributed by atoms with Gasteiger partial charge in [0, 0.05) is 25.2 Å². The lowest BCUT2D eigenvalue weighted by molar-refractivity contribution is -0.117. The summed E-state index contributed by atoms with van der Waals surface area (Å²) in [7, 11) is 3.44. The van der Waals surface area contributed by atoms with Crippen LogP contribution in [0.15, 0.2) is 21.5 Å². The highest BCUT2D eigenvalue weighted by atomic mass is 79.9. The molecule has 0 radical (unpaired) electrons. The third-order valence-electron chi connectivity index (χ3n) is 2.44. The van der Waals surface area contributed by atoms with Crippen LogP contribution in [0.5, 0.6) is 0 Å². The fourth-order valence-electron chi connectivity index (χ4n) is 1.62. The van der Waals surface area contributed by atoms with Crippen molar-refractivity contribution in [2.24, 2.45) is 7.05 Å². The molecule has 0 N–H and O–H groups in total. The second kappa shape index (κ2) is 4.62. The highest BCUT2D eigenvalue weighted by Gasteiger charge is 2.10. The highest BCUT2D eigenvalue weighted by Crippen LogP contribution is 2.30. The average Bonchev–Trinajstić information content (AvgIpc) is 2.70. The Morgan fingerprint density at radius 2 is 2.29 bits per heavy atom. The van der Waals surface area contributed by atoms with E-state index in [2.05, 4.69) is 15.9 Å². The van der Waals surface area contributed by atoms with Crippen molar-refractivity contribution in [3.63, 3.8) is 0 Å². The van der Waals surface area contributed by atoms with Gasteiger partial charge in [-0.05, 0) is 22.0 Å². The molecule has 0 aliphatic carbocycles. The number of hydrogen-bond donors (Lipinski definition) is 0. The molecule has 0 aliphatic rings. The quantitative estimate of drug-likeness (QED) is 0.813. The van der Waals surface area contributed by atoms with Gasteiger partial charge in [0.1, 0.15) is 0 Å². The number of nitrogens with zero attached hydrogens (tertiary/aromatic N) is 2. The lowest BCUT2D eigenvalue weighted by atomic mass is 10.3. The third-order valence-corrected chi connectivity index (χ3v) is 4.46. The molecule has 17 heavy (non-hydrogen) atoms. The molecule has 4 nitrogen and oxygen atoms in total. The van der Waals surface area contributed by atoms with Crippen LogP contribution in [0.4, 0.5) is 0 Å². The molecule has 1 amide bonds. The summed E-state index contributed by atoms with van der Waals surface area (Å²) < 4.78 is 3.38. The number of fused-ring (bicyclic) bond motifs is 1. The summed E-state index contributed by atoms with van der Waals surface area (Å²) in [5.74, 6) is 0. The van der Waals surface area contributed by atoms with Gasteiger partial charge in [0.25, 0.3) is 5.56 Å². The molecule has 2 rings (SSSR count). The van der Waals surface area contributed by atoms with E-state index in [1.807, 2.05) is 6.07 Å². The van der Waals surface area contributed by atoms with E-state index in [0.29, 0.717) is 11.9 Å². The van der Waals surface area contributed by atoms with Crippen molar-refractivity contribution >= 4 is 43.8 Å². The van der Waals surface area contributed by atoms with Crippen LogP contribution in [0.1, 0.15) is 4.88 Å². The Kier molecular flexibility index (Phi) is 3.35. The largest absolute Gasteiger partial charge is 0.343 e. The van der Waals surface area contributed by atoms with E-state index in [1.165, 1.54) is 11.3 Å². The summed E-state index contributed by atoms with van der Waals surface area (Å²) in [6.07, 6.45) is 2.53. The number of halogens is 1. The van der Waals surface area contributed by atoms with Crippen molar-refractivity contribution in [1.82, 2.24) is 9.47 Å². The fourth-order valence-corrected chi connectivity index (χ4v) is 3.49. The first kappa shape index (κ1) is 12.3. The van der Waals surface area contributed by atoms with E-state index < -0.39 is 0 Å². The normalized spacial score (nSPS) is 10.8. The Bertz CT molecular complexity index is 632. The number of aryl methyl sites for hydroxylation is 1. The van der Waals surface area contributed by atoms with Crippen molar-refractivity contribution in [3.8, 4) is 0 Å². The minimum Gasteiger partial charge on any atom is -0.343 e.